The predicted molar refractivity (Wildman–Crippen MR) is 162 cm³/mol. The molecule has 0 radical (unpaired) electrons. The molecule has 2 aromatic carbocycles. The van der Waals surface area contributed by atoms with Crippen LogP contribution in [0.3, 0.4) is 0 Å². The number of carbonyl (C=O) groups excluding carboxylic acids is 1. The second kappa shape index (κ2) is 11.7. The molecule has 1 amide bonds. The highest BCUT2D eigenvalue weighted by atomic mass is 32.2. The van der Waals surface area contributed by atoms with Crippen LogP contribution >= 0.6 is 23.1 Å². The van der Waals surface area contributed by atoms with Crippen molar-refractivity contribution in [1.29, 1.82) is 0 Å². The number of nitrogens with one attached hydrogen (secondary N) is 1. The molecule has 5 aromatic rings. The molecule has 41 heavy (non-hydrogen) atoms. The smallest absolute Gasteiger partial charge is 0.263 e. The van der Waals surface area contributed by atoms with Crippen LogP contribution in [-0.2, 0) is 35.5 Å². The summed E-state index contributed by atoms with van der Waals surface area (Å²) in [5, 5.41) is 13.1. The second-order valence-electron chi connectivity index (χ2n) is 10.4. The average Bonchev–Trinajstić information content (AvgIpc) is 3.58. The first-order chi connectivity index (χ1) is 19.9. The number of hydrogen-bond donors (Lipinski definition) is 1. The lowest BCUT2D eigenvalue weighted by Crippen LogP contribution is -2.29. The maximum atomic E-state index is 14.1. The van der Waals surface area contributed by atoms with Crippen LogP contribution in [0.5, 0.6) is 5.75 Å². The summed E-state index contributed by atoms with van der Waals surface area (Å²) in [6.07, 6.45) is 1.44. The van der Waals surface area contributed by atoms with E-state index < -0.39 is 0 Å². The zero-order valence-electron chi connectivity index (χ0n) is 23.1. The Morgan fingerprint density at radius 2 is 1.95 bits per heavy atom. The van der Waals surface area contributed by atoms with E-state index in [2.05, 4.69) is 41.5 Å². The van der Waals surface area contributed by atoms with Crippen molar-refractivity contribution < 1.29 is 14.3 Å². The van der Waals surface area contributed by atoms with Crippen LogP contribution < -0.4 is 15.6 Å². The molecule has 0 saturated heterocycles. The van der Waals surface area contributed by atoms with Gasteiger partial charge in [-0.3, -0.25) is 14.2 Å². The number of benzene rings is 2. The van der Waals surface area contributed by atoms with Crippen molar-refractivity contribution in [2.75, 3.05) is 18.2 Å². The van der Waals surface area contributed by atoms with Crippen molar-refractivity contribution in [2.24, 2.45) is 5.92 Å². The fraction of sp³-hybridized carbons (Fsp3) is 0.333. The van der Waals surface area contributed by atoms with Gasteiger partial charge in [-0.25, -0.2) is 4.40 Å². The topological polar surface area (TPSA) is 99.7 Å². The average molecular weight is 590 g/mol. The second-order valence-corrected chi connectivity index (χ2v) is 12.4. The van der Waals surface area contributed by atoms with Crippen LogP contribution in [0.1, 0.15) is 29.9 Å². The summed E-state index contributed by atoms with van der Waals surface area (Å²) in [4.78, 5) is 28.8. The number of thiophene rings is 1. The van der Waals surface area contributed by atoms with E-state index in [-0.39, 0.29) is 23.3 Å². The van der Waals surface area contributed by atoms with Gasteiger partial charge in [-0.05, 0) is 47.7 Å². The van der Waals surface area contributed by atoms with E-state index in [4.69, 9.17) is 9.47 Å². The Labute approximate surface area is 245 Å². The first-order valence-electron chi connectivity index (χ1n) is 13.6. The zero-order chi connectivity index (χ0) is 28.5. The Hall–Kier alpha value is -3.67. The minimum atomic E-state index is -0.163. The summed E-state index contributed by atoms with van der Waals surface area (Å²) in [6.45, 7) is 5.24. The van der Waals surface area contributed by atoms with Gasteiger partial charge < -0.3 is 14.8 Å². The van der Waals surface area contributed by atoms with Gasteiger partial charge in [0.05, 0.1) is 31.0 Å². The van der Waals surface area contributed by atoms with Crippen molar-refractivity contribution in [3.05, 3.63) is 81.0 Å². The zero-order valence-corrected chi connectivity index (χ0v) is 24.8. The summed E-state index contributed by atoms with van der Waals surface area (Å²) in [5.74, 6) is 1.52. The summed E-state index contributed by atoms with van der Waals surface area (Å²) < 4.78 is 15.0. The van der Waals surface area contributed by atoms with Crippen molar-refractivity contribution in [1.82, 2.24) is 19.2 Å². The number of fused-ring (bicyclic) bond motifs is 5. The third-order valence-corrected chi connectivity index (χ3v) is 9.46. The first kappa shape index (κ1) is 27.5. The van der Waals surface area contributed by atoms with Gasteiger partial charge >= 0.3 is 0 Å². The maximum absolute atomic E-state index is 14.1. The van der Waals surface area contributed by atoms with Crippen molar-refractivity contribution in [3.63, 3.8) is 0 Å². The van der Waals surface area contributed by atoms with Gasteiger partial charge in [0.15, 0.2) is 5.16 Å². The molecule has 9 nitrogen and oxygen atoms in total. The van der Waals surface area contributed by atoms with Crippen LogP contribution in [0.15, 0.2) is 64.5 Å². The fourth-order valence-electron chi connectivity index (χ4n) is 5.10. The van der Waals surface area contributed by atoms with Gasteiger partial charge in [0.2, 0.25) is 11.7 Å². The number of carbonyl (C=O) groups is 1. The van der Waals surface area contributed by atoms with Crippen LogP contribution in [0.2, 0.25) is 0 Å². The SMILES string of the molecule is COc1ccc(NC(=O)CSc2nnc3n(CCc4ccccc4)c(=O)c4c5c(sc4n23)CO[C@H](C(C)C)C5)cc1. The summed E-state index contributed by atoms with van der Waals surface area (Å²) in [5.41, 5.74) is 2.84. The molecule has 212 valence electrons. The quantitative estimate of drug-likeness (QED) is 0.236. The first-order valence-corrected chi connectivity index (χ1v) is 15.4. The Kier molecular flexibility index (Phi) is 7.83. The van der Waals surface area contributed by atoms with E-state index in [9.17, 15) is 9.59 Å². The standard InChI is InChI=1S/C30H31N5O4S2/c1-18(2)23-15-22-24(16-39-23)41-28-26(22)27(37)34(14-13-19-7-5-4-6-8-19)29-32-33-30(35(28)29)40-17-25(36)31-20-9-11-21(38-3)12-10-20/h4-12,18,23H,13-17H2,1-3H3,(H,31,36)/t23-/m0/s1. The summed E-state index contributed by atoms with van der Waals surface area (Å²) in [6, 6.07) is 17.3. The number of ether oxygens (including phenoxy) is 2. The Morgan fingerprint density at radius 1 is 1.17 bits per heavy atom. The number of anilines is 1. The molecule has 6 rings (SSSR count). The molecule has 1 aliphatic heterocycles. The monoisotopic (exact) mass is 589 g/mol. The van der Waals surface area contributed by atoms with Gasteiger partial charge in [0, 0.05) is 23.5 Å². The van der Waals surface area contributed by atoms with E-state index in [1.165, 1.54) is 11.8 Å². The van der Waals surface area contributed by atoms with Crippen molar-refractivity contribution in [2.45, 2.75) is 51.1 Å². The fourth-order valence-corrected chi connectivity index (χ4v) is 7.13. The molecule has 3 aromatic heterocycles. The lowest BCUT2D eigenvalue weighted by atomic mass is 9.96. The van der Waals surface area contributed by atoms with Crippen LogP contribution in [-0.4, -0.2) is 44.0 Å². The molecule has 1 atom stereocenters. The minimum absolute atomic E-state index is 0.0495. The van der Waals surface area contributed by atoms with E-state index in [0.717, 1.165) is 26.6 Å². The molecular weight excluding hydrogens is 558 g/mol. The molecule has 0 fully saturated rings. The molecule has 1 aliphatic rings. The van der Waals surface area contributed by atoms with Gasteiger partial charge in [-0.15, -0.1) is 21.5 Å². The third kappa shape index (κ3) is 5.49. The highest BCUT2D eigenvalue weighted by Gasteiger charge is 2.30. The number of methoxy groups -OCH3 is 1. The lowest BCUT2D eigenvalue weighted by molar-refractivity contribution is -0.113. The Morgan fingerprint density at radius 3 is 2.68 bits per heavy atom. The van der Waals surface area contributed by atoms with E-state index in [1.54, 1.807) is 47.3 Å². The summed E-state index contributed by atoms with van der Waals surface area (Å²) >= 11 is 2.86. The number of aromatic nitrogens is 4. The van der Waals surface area contributed by atoms with E-state index in [0.29, 0.717) is 53.9 Å². The third-order valence-electron chi connectivity index (χ3n) is 7.34. The number of thioether (sulfide) groups is 1. The van der Waals surface area contributed by atoms with E-state index in [1.807, 2.05) is 22.6 Å². The molecule has 4 heterocycles. The van der Waals surface area contributed by atoms with Gasteiger partial charge in [-0.1, -0.05) is 55.9 Å². The van der Waals surface area contributed by atoms with Gasteiger partial charge in [0.1, 0.15) is 10.6 Å². The van der Waals surface area contributed by atoms with Crippen molar-refractivity contribution >= 4 is 50.7 Å². The molecule has 0 bridgehead atoms. The number of hydrogen-bond acceptors (Lipinski definition) is 8. The Balaban J connectivity index is 1.36. The molecule has 0 saturated carbocycles. The maximum Gasteiger partial charge on any atom is 0.263 e. The number of amides is 1. The lowest BCUT2D eigenvalue weighted by Gasteiger charge is -2.26. The number of nitrogens with zero attached hydrogens (tertiary/aromatic N) is 4. The normalized spacial score (nSPS) is 15.0. The van der Waals surface area contributed by atoms with Crippen LogP contribution in [0.4, 0.5) is 5.69 Å². The molecule has 1 N–H and O–H groups in total. The minimum Gasteiger partial charge on any atom is -0.497 e. The number of rotatable bonds is 9. The van der Waals surface area contributed by atoms with Gasteiger partial charge in [-0.2, -0.15) is 0 Å². The predicted octanol–water partition coefficient (Wildman–Crippen LogP) is 5.19. The highest BCUT2D eigenvalue weighted by molar-refractivity contribution is 7.99. The largest absolute Gasteiger partial charge is 0.497 e. The molecule has 0 spiro atoms. The highest BCUT2D eigenvalue weighted by Crippen LogP contribution is 2.37. The Bertz CT molecular complexity index is 1760. The summed E-state index contributed by atoms with van der Waals surface area (Å²) in [7, 11) is 1.60. The molecule has 0 aliphatic carbocycles. The van der Waals surface area contributed by atoms with Crippen LogP contribution in [0.25, 0.3) is 16.0 Å². The molecular formula is C30H31N5O4S2. The number of aryl methyl sites for hydroxylation is 2. The van der Waals surface area contributed by atoms with Crippen LogP contribution in [0, 0.1) is 5.92 Å². The molecule has 11 heteroatoms. The van der Waals surface area contributed by atoms with Crippen molar-refractivity contribution in [3.8, 4) is 5.75 Å². The molecule has 0 unspecified atom stereocenters. The van der Waals surface area contributed by atoms with E-state index >= 15 is 0 Å². The van der Waals surface area contributed by atoms with Gasteiger partial charge in [0.25, 0.3) is 5.56 Å².